The van der Waals surface area contributed by atoms with Crippen LogP contribution in [-0.4, -0.2) is 55.6 Å². The minimum absolute atomic E-state index is 0.00150. The molecule has 1 aliphatic carbocycles. The van der Waals surface area contributed by atoms with Gasteiger partial charge >= 0.3 is 0 Å². The number of hydrogen-bond acceptors (Lipinski definition) is 4. The van der Waals surface area contributed by atoms with Crippen molar-refractivity contribution in [3.8, 4) is 0 Å². The summed E-state index contributed by atoms with van der Waals surface area (Å²) in [5.41, 5.74) is 6.09. The van der Waals surface area contributed by atoms with E-state index in [1.165, 1.54) is 7.11 Å². The Balaban J connectivity index is 1.77. The third-order valence-electron chi connectivity index (χ3n) is 4.58. The molecule has 1 aliphatic heterocycles. The summed E-state index contributed by atoms with van der Waals surface area (Å²) < 4.78 is 4.81. The molecule has 120 valence electrons. The molecule has 0 aromatic heterocycles. The molecule has 2 aliphatic rings. The summed E-state index contributed by atoms with van der Waals surface area (Å²) in [4.78, 5) is 25.9. The van der Waals surface area contributed by atoms with E-state index in [1.807, 2.05) is 4.90 Å². The SMILES string of the molecule is COCC(=O)NC1CCN(C(=O)C2CCCCC2N)CC1. The van der Waals surface area contributed by atoms with Crippen LogP contribution in [0.4, 0.5) is 0 Å². The Morgan fingerprint density at radius 1 is 1.19 bits per heavy atom. The Morgan fingerprint density at radius 3 is 2.48 bits per heavy atom. The highest BCUT2D eigenvalue weighted by atomic mass is 16.5. The zero-order valence-corrected chi connectivity index (χ0v) is 12.8. The number of likely N-dealkylation sites (tertiary alicyclic amines) is 1. The fourth-order valence-electron chi connectivity index (χ4n) is 3.35. The molecule has 2 rings (SSSR count). The number of ether oxygens (including phenoxy) is 1. The third-order valence-corrected chi connectivity index (χ3v) is 4.58. The van der Waals surface area contributed by atoms with Crippen LogP contribution in [0.3, 0.4) is 0 Å². The third kappa shape index (κ3) is 4.41. The first-order valence-electron chi connectivity index (χ1n) is 7.94. The van der Waals surface area contributed by atoms with E-state index in [4.69, 9.17) is 10.5 Å². The first kappa shape index (κ1) is 16.2. The van der Waals surface area contributed by atoms with Crippen LogP contribution in [0, 0.1) is 5.92 Å². The number of amides is 2. The standard InChI is InChI=1S/C15H27N3O3/c1-21-10-14(19)17-11-6-8-18(9-7-11)15(20)12-4-2-3-5-13(12)16/h11-13H,2-10,16H2,1H3,(H,17,19). The molecule has 6 nitrogen and oxygen atoms in total. The quantitative estimate of drug-likeness (QED) is 0.779. The molecular weight excluding hydrogens is 270 g/mol. The van der Waals surface area contributed by atoms with Crippen molar-refractivity contribution in [2.75, 3.05) is 26.8 Å². The molecule has 1 heterocycles. The van der Waals surface area contributed by atoms with E-state index in [2.05, 4.69) is 5.32 Å². The number of piperidine rings is 1. The molecule has 0 spiro atoms. The van der Waals surface area contributed by atoms with Gasteiger partial charge in [-0.05, 0) is 25.7 Å². The Morgan fingerprint density at radius 2 is 1.86 bits per heavy atom. The maximum atomic E-state index is 12.5. The molecule has 0 aromatic rings. The Labute approximate surface area is 126 Å². The lowest BCUT2D eigenvalue weighted by molar-refractivity contribution is -0.138. The van der Waals surface area contributed by atoms with E-state index < -0.39 is 0 Å². The lowest BCUT2D eigenvalue weighted by Gasteiger charge is -2.37. The number of rotatable bonds is 4. The van der Waals surface area contributed by atoms with Crippen LogP contribution in [0.15, 0.2) is 0 Å². The van der Waals surface area contributed by atoms with Gasteiger partial charge in [-0.1, -0.05) is 12.8 Å². The molecule has 2 unspecified atom stereocenters. The first-order valence-corrected chi connectivity index (χ1v) is 7.94. The van der Waals surface area contributed by atoms with E-state index in [0.29, 0.717) is 13.1 Å². The van der Waals surface area contributed by atoms with Crippen molar-refractivity contribution < 1.29 is 14.3 Å². The van der Waals surface area contributed by atoms with Crippen LogP contribution in [-0.2, 0) is 14.3 Å². The van der Waals surface area contributed by atoms with Gasteiger partial charge in [0.1, 0.15) is 6.61 Å². The molecule has 3 N–H and O–H groups in total. The molecule has 6 heteroatoms. The largest absolute Gasteiger partial charge is 0.375 e. The highest BCUT2D eigenvalue weighted by Gasteiger charge is 2.33. The monoisotopic (exact) mass is 297 g/mol. The Bertz CT molecular complexity index is 367. The second-order valence-corrected chi connectivity index (χ2v) is 6.15. The van der Waals surface area contributed by atoms with Gasteiger partial charge in [0, 0.05) is 32.3 Å². The topological polar surface area (TPSA) is 84.7 Å². The van der Waals surface area contributed by atoms with E-state index in [1.54, 1.807) is 0 Å². The van der Waals surface area contributed by atoms with E-state index in [-0.39, 0.29) is 36.4 Å². The molecule has 21 heavy (non-hydrogen) atoms. The van der Waals surface area contributed by atoms with Crippen LogP contribution in [0.2, 0.25) is 0 Å². The van der Waals surface area contributed by atoms with Gasteiger partial charge in [-0.2, -0.15) is 0 Å². The molecular formula is C15H27N3O3. The van der Waals surface area contributed by atoms with Crippen molar-refractivity contribution in [1.29, 1.82) is 0 Å². The molecule has 1 saturated carbocycles. The number of nitrogens with one attached hydrogen (secondary N) is 1. The van der Waals surface area contributed by atoms with Gasteiger partial charge in [0.15, 0.2) is 0 Å². The predicted molar refractivity (Wildman–Crippen MR) is 79.6 cm³/mol. The van der Waals surface area contributed by atoms with Crippen LogP contribution in [0.5, 0.6) is 0 Å². The van der Waals surface area contributed by atoms with Crippen molar-refractivity contribution in [3.05, 3.63) is 0 Å². The molecule has 2 fully saturated rings. The number of hydrogen-bond donors (Lipinski definition) is 2. The zero-order valence-electron chi connectivity index (χ0n) is 12.8. The molecule has 2 amide bonds. The van der Waals surface area contributed by atoms with Crippen LogP contribution in [0.1, 0.15) is 38.5 Å². The average molecular weight is 297 g/mol. The molecule has 0 bridgehead atoms. The molecule has 0 aromatic carbocycles. The van der Waals surface area contributed by atoms with Crippen molar-refractivity contribution in [1.82, 2.24) is 10.2 Å². The molecule has 2 atom stereocenters. The van der Waals surface area contributed by atoms with Gasteiger partial charge in [0.05, 0.1) is 5.92 Å². The van der Waals surface area contributed by atoms with Crippen molar-refractivity contribution >= 4 is 11.8 Å². The number of carbonyl (C=O) groups excluding carboxylic acids is 2. The number of nitrogens with zero attached hydrogens (tertiary/aromatic N) is 1. The highest BCUT2D eigenvalue weighted by Crippen LogP contribution is 2.26. The van der Waals surface area contributed by atoms with E-state index >= 15 is 0 Å². The van der Waals surface area contributed by atoms with Gasteiger partial charge in [0.2, 0.25) is 11.8 Å². The first-order chi connectivity index (χ1) is 10.1. The number of methoxy groups -OCH3 is 1. The fourth-order valence-corrected chi connectivity index (χ4v) is 3.35. The van der Waals surface area contributed by atoms with Crippen LogP contribution < -0.4 is 11.1 Å². The molecule has 1 saturated heterocycles. The lowest BCUT2D eigenvalue weighted by Crippen LogP contribution is -2.51. The number of carbonyl (C=O) groups is 2. The predicted octanol–water partition coefficient (Wildman–Crippen LogP) is 0.258. The van der Waals surface area contributed by atoms with Gasteiger partial charge in [-0.25, -0.2) is 0 Å². The molecule has 0 radical (unpaired) electrons. The van der Waals surface area contributed by atoms with Crippen LogP contribution >= 0.6 is 0 Å². The zero-order chi connectivity index (χ0) is 15.2. The summed E-state index contributed by atoms with van der Waals surface area (Å²) in [7, 11) is 1.51. The number of nitrogens with two attached hydrogens (primary N) is 1. The summed E-state index contributed by atoms with van der Waals surface area (Å²) >= 11 is 0. The summed E-state index contributed by atoms with van der Waals surface area (Å²) in [6.45, 7) is 1.51. The minimum atomic E-state index is -0.0865. The van der Waals surface area contributed by atoms with Crippen molar-refractivity contribution in [3.63, 3.8) is 0 Å². The second kappa shape index (κ2) is 7.75. The van der Waals surface area contributed by atoms with Crippen LogP contribution in [0.25, 0.3) is 0 Å². The van der Waals surface area contributed by atoms with Gasteiger partial charge in [0.25, 0.3) is 0 Å². The fraction of sp³-hybridized carbons (Fsp3) is 0.867. The Kier molecular flexibility index (Phi) is 5.99. The van der Waals surface area contributed by atoms with E-state index in [0.717, 1.165) is 38.5 Å². The maximum absolute atomic E-state index is 12.5. The lowest BCUT2D eigenvalue weighted by atomic mass is 9.83. The van der Waals surface area contributed by atoms with Gasteiger partial charge in [-0.3, -0.25) is 9.59 Å². The minimum Gasteiger partial charge on any atom is -0.375 e. The highest BCUT2D eigenvalue weighted by molar-refractivity contribution is 5.80. The summed E-state index contributed by atoms with van der Waals surface area (Å²) in [6, 6.07) is 0.169. The smallest absolute Gasteiger partial charge is 0.246 e. The average Bonchev–Trinajstić information content (AvgIpc) is 2.48. The summed E-state index contributed by atoms with van der Waals surface area (Å²) in [5, 5.41) is 2.94. The van der Waals surface area contributed by atoms with Gasteiger partial charge in [-0.15, -0.1) is 0 Å². The maximum Gasteiger partial charge on any atom is 0.246 e. The van der Waals surface area contributed by atoms with E-state index in [9.17, 15) is 9.59 Å². The van der Waals surface area contributed by atoms with Gasteiger partial charge < -0.3 is 20.7 Å². The van der Waals surface area contributed by atoms with Crippen molar-refractivity contribution in [2.24, 2.45) is 11.7 Å². The summed E-state index contributed by atoms with van der Waals surface area (Å²) in [6.07, 6.45) is 5.74. The van der Waals surface area contributed by atoms with Crippen molar-refractivity contribution in [2.45, 2.75) is 50.6 Å². The summed E-state index contributed by atoms with van der Waals surface area (Å²) in [5.74, 6) is 0.124. The Hall–Kier alpha value is -1.14. The normalized spacial score (nSPS) is 27.4. The second-order valence-electron chi connectivity index (χ2n) is 6.15.